The quantitative estimate of drug-likeness (QED) is 0.903. The average Bonchev–Trinajstić information content (AvgIpc) is 2.58. The second-order valence-corrected chi connectivity index (χ2v) is 6.35. The molecule has 1 N–H and O–H groups in total. The fourth-order valence-corrected chi connectivity index (χ4v) is 3.02. The van der Waals surface area contributed by atoms with Gasteiger partial charge in [-0.05, 0) is 25.5 Å². The molecule has 0 saturated carbocycles. The van der Waals surface area contributed by atoms with E-state index in [1.165, 1.54) is 0 Å². The van der Waals surface area contributed by atoms with Crippen molar-refractivity contribution in [1.82, 2.24) is 14.9 Å². The van der Waals surface area contributed by atoms with Crippen LogP contribution in [-0.4, -0.2) is 51.9 Å². The number of hydrogen-bond acceptors (Lipinski definition) is 6. The molecule has 2 atom stereocenters. The number of likely N-dealkylation sites (tertiary alicyclic amines) is 1. The maximum absolute atomic E-state index is 10.8. The Bertz CT molecular complexity index is 646. The first-order valence-electron chi connectivity index (χ1n) is 8.08. The molecule has 0 spiro atoms. The van der Waals surface area contributed by atoms with Gasteiger partial charge in [-0.1, -0.05) is 18.2 Å². The maximum Gasteiger partial charge on any atom is 0.316 e. The number of aliphatic hydroxyl groups is 1. The first-order chi connectivity index (χ1) is 11.6. The summed E-state index contributed by atoms with van der Waals surface area (Å²) in [6.45, 7) is 3.91. The lowest BCUT2D eigenvalue weighted by Crippen LogP contribution is -2.56. The first-order valence-corrected chi connectivity index (χ1v) is 8.08. The van der Waals surface area contributed by atoms with E-state index in [1.54, 1.807) is 19.5 Å². The third kappa shape index (κ3) is 4.01. The minimum Gasteiger partial charge on any atom is -0.487 e. The Morgan fingerprint density at radius 1 is 1.25 bits per heavy atom. The summed E-state index contributed by atoms with van der Waals surface area (Å²) in [5, 5.41) is 10.8. The predicted molar refractivity (Wildman–Crippen MR) is 90.0 cm³/mol. The zero-order valence-corrected chi connectivity index (χ0v) is 14.1. The molecular weight excluding hydrogens is 306 g/mol. The number of piperidine rings is 1. The molecular formula is C18H23N3O3. The van der Waals surface area contributed by atoms with Crippen molar-refractivity contribution in [2.45, 2.75) is 31.6 Å². The Hall–Kier alpha value is -2.18. The van der Waals surface area contributed by atoms with Crippen molar-refractivity contribution < 1.29 is 14.6 Å². The second kappa shape index (κ2) is 7.15. The highest BCUT2D eigenvalue weighted by Crippen LogP contribution is 2.27. The largest absolute Gasteiger partial charge is 0.487 e. The summed E-state index contributed by atoms with van der Waals surface area (Å²) in [5.41, 5.74) is 0.0792. The van der Waals surface area contributed by atoms with E-state index in [2.05, 4.69) is 14.9 Å². The maximum atomic E-state index is 10.8. The Balaban J connectivity index is 1.60. The molecule has 0 amide bonds. The van der Waals surface area contributed by atoms with E-state index in [4.69, 9.17) is 9.47 Å². The van der Waals surface area contributed by atoms with Gasteiger partial charge < -0.3 is 14.6 Å². The van der Waals surface area contributed by atoms with Crippen LogP contribution in [0, 0.1) is 0 Å². The number of para-hydroxylation sites is 1. The van der Waals surface area contributed by atoms with Gasteiger partial charge in [-0.2, -0.15) is 0 Å². The Morgan fingerprint density at radius 2 is 1.96 bits per heavy atom. The van der Waals surface area contributed by atoms with Crippen molar-refractivity contribution in [3.05, 3.63) is 48.3 Å². The number of ether oxygens (including phenoxy) is 2. The smallest absolute Gasteiger partial charge is 0.316 e. The molecule has 6 nitrogen and oxygen atoms in total. The van der Waals surface area contributed by atoms with Crippen LogP contribution in [0.15, 0.2) is 42.7 Å². The fourth-order valence-electron chi connectivity index (χ4n) is 3.02. The van der Waals surface area contributed by atoms with Gasteiger partial charge in [0.15, 0.2) is 0 Å². The Labute approximate surface area is 142 Å². The molecule has 1 saturated heterocycles. The number of rotatable bonds is 5. The molecule has 1 aliphatic rings. The molecule has 24 heavy (non-hydrogen) atoms. The zero-order valence-electron chi connectivity index (χ0n) is 14.1. The number of hydrogen-bond donors (Lipinski definition) is 1. The molecule has 1 aliphatic heterocycles. The molecule has 0 bridgehead atoms. The lowest BCUT2D eigenvalue weighted by atomic mass is 9.91. The lowest BCUT2D eigenvalue weighted by Gasteiger charge is -2.42. The summed E-state index contributed by atoms with van der Waals surface area (Å²) >= 11 is 0. The molecule has 128 valence electrons. The lowest BCUT2D eigenvalue weighted by molar-refractivity contribution is -0.0993. The van der Waals surface area contributed by atoms with Crippen molar-refractivity contribution in [2.24, 2.45) is 0 Å². The highest BCUT2D eigenvalue weighted by molar-refractivity contribution is 5.22. The van der Waals surface area contributed by atoms with E-state index in [0.717, 1.165) is 24.3 Å². The Kier molecular flexibility index (Phi) is 4.97. The van der Waals surface area contributed by atoms with Crippen LogP contribution in [0.25, 0.3) is 0 Å². The van der Waals surface area contributed by atoms with Crippen molar-refractivity contribution in [3.63, 3.8) is 0 Å². The molecule has 1 aromatic carbocycles. The zero-order chi connectivity index (χ0) is 17.0. The van der Waals surface area contributed by atoms with Gasteiger partial charge in [-0.15, -0.1) is 0 Å². The van der Waals surface area contributed by atoms with Gasteiger partial charge in [-0.3, -0.25) is 4.90 Å². The highest BCUT2D eigenvalue weighted by Gasteiger charge is 2.39. The van der Waals surface area contributed by atoms with Gasteiger partial charge >= 0.3 is 6.01 Å². The standard InChI is InChI=1S/C18H23N3O3/c1-18(22)13-21(12-14-10-19-17(23-2)20-11-14)9-8-16(18)24-15-6-4-3-5-7-15/h3-7,10-11,16,22H,8-9,12-13H2,1-2H3/t16-,18-/m0/s1. The van der Waals surface area contributed by atoms with Crippen molar-refractivity contribution >= 4 is 0 Å². The van der Waals surface area contributed by atoms with Crippen LogP contribution in [-0.2, 0) is 6.54 Å². The van der Waals surface area contributed by atoms with Gasteiger partial charge in [0.2, 0.25) is 0 Å². The van der Waals surface area contributed by atoms with Crippen LogP contribution in [0.5, 0.6) is 11.8 Å². The summed E-state index contributed by atoms with van der Waals surface area (Å²) < 4.78 is 11.0. The number of benzene rings is 1. The summed E-state index contributed by atoms with van der Waals surface area (Å²) in [6.07, 6.45) is 4.06. The third-order valence-electron chi connectivity index (χ3n) is 4.24. The van der Waals surface area contributed by atoms with Crippen LogP contribution in [0.4, 0.5) is 0 Å². The van der Waals surface area contributed by atoms with Gasteiger partial charge in [0.25, 0.3) is 0 Å². The average molecular weight is 329 g/mol. The molecule has 1 aromatic heterocycles. The molecule has 0 radical (unpaired) electrons. The molecule has 0 aliphatic carbocycles. The van der Waals surface area contributed by atoms with Crippen LogP contribution in [0.2, 0.25) is 0 Å². The van der Waals surface area contributed by atoms with Crippen molar-refractivity contribution in [2.75, 3.05) is 20.2 Å². The molecule has 3 rings (SSSR count). The predicted octanol–water partition coefficient (Wildman–Crippen LogP) is 1.89. The molecule has 1 fully saturated rings. The molecule has 2 heterocycles. The summed E-state index contributed by atoms with van der Waals surface area (Å²) in [4.78, 5) is 10.4. The summed E-state index contributed by atoms with van der Waals surface area (Å²) in [7, 11) is 1.55. The van der Waals surface area contributed by atoms with E-state index in [9.17, 15) is 5.11 Å². The number of β-amino-alcohol motifs (C(OH)–C–C–N with tert-alkyl or cyclic N) is 1. The van der Waals surface area contributed by atoms with Crippen LogP contribution >= 0.6 is 0 Å². The van der Waals surface area contributed by atoms with E-state index in [0.29, 0.717) is 19.1 Å². The molecule has 0 unspecified atom stereocenters. The van der Waals surface area contributed by atoms with E-state index in [-0.39, 0.29) is 6.10 Å². The monoisotopic (exact) mass is 329 g/mol. The topological polar surface area (TPSA) is 67.7 Å². The van der Waals surface area contributed by atoms with E-state index < -0.39 is 5.60 Å². The minimum absolute atomic E-state index is 0.219. The minimum atomic E-state index is -0.915. The summed E-state index contributed by atoms with van der Waals surface area (Å²) in [5.74, 6) is 0.791. The first kappa shape index (κ1) is 16.7. The molecule has 6 heteroatoms. The van der Waals surface area contributed by atoms with Gasteiger partial charge in [-0.25, -0.2) is 9.97 Å². The SMILES string of the molecule is COc1ncc(CN2CC[C@H](Oc3ccccc3)[C@@](C)(O)C2)cn1. The fraction of sp³-hybridized carbons (Fsp3) is 0.444. The Morgan fingerprint density at radius 3 is 2.58 bits per heavy atom. The van der Waals surface area contributed by atoms with Gasteiger partial charge in [0.1, 0.15) is 17.5 Å². The van der Waals surface area contributed by atoms with E-state index >= 15 is 0 Å². The van der Waals surface area contributed by atoms with Crippen LogP contribution in [0.3, 0.4) is 0 Å². The number of aromatic nitrogens is 2. The van der Waals surface area contributed by atoms with E-state index in [1.807, 2.05) is 37.3 Å². The van der Waals surface area contributed by atoms with Crippen molar-refractivity contribution in [3.8, 4) is 11.8 Å². The highest BCUT2D eigenvalue weighted by atomic mass is 16.5. The van der Waals surface area contributed by atoms with Gasteiger partial charge in [0.05, 0.1) is 7.11 Å². The number of nitrogens with zero attached hydrogens (tertiary/aromatic N) is 3. The summed E-state index contributed by atoms with van der Waals surface area (Å²) in [6, 6.07) is 10.0. The normalized spacial score (nSPS) is 24.5. The van der Waals surface area contributed by atoms with Crippen molar-refractivity contribution in [1.29, 1.82) is 0 Å². The number of methoxy groups -OCH3 is 1. The second-order valence-electron chi connectivity index (χ2n) is 6.35. The molecule has 2 aromatic rings. The van der Waals surface area contributed by atoms with Crippen LogP contribution in [0.1, 0.15) is 18.9 Å². The third-order valence-corrected chi connectivity index (χ3v) is 4.24. The van der Waals surface area contributed by atoms with Crippen LogP contribution < -0.4 is 9.47 Å². The van der Waals surface area contributed by atoms with Gasteiger partial charge in [0, 0.05) is 37.6 Å².